The minimum absolute atomic E-state index is 0.0345. The number of piperazine rings is 1. The van der Waals surface area contributed by atoms with Crippen molar-refractivity contribution in [2.75, 3.05) is 45.1 Å². The standard InChI is InChI=1S/C15H21N3O2/c1-12(19)13-3-5-14(6-4-13)16-15(20)11-18-9-7-17(2)8-10-18/h3-6H,7-11H2,1-2H3,(H,16,20)/p+2. The van der Waals surface area contributed by atoms with Crippen LogP contribution >= 0.6 is 0 Å². The van der Waals surface area contributed by atoms with E-state index in [1.807, 2.05) is 0 Å². The van der Waals surface area contributed by atoms with Gasteiger partial charge in [0.05, 0.1) is 7.05 Å². The molecule has 0 unspecified atom stereocenters. The van der Waals surface area contributed by atoms with Crippen LogP contribution in [0.5, 0.6) is 0 Å². The van der Waals surface area contributed by atoms with Gasteiger partial charge < -0.3 is 15.1 Å². The second-order valence-corrected chi connectivity index (χ2v) is 5.57. The van der Waals surface area contributed by atoms with Gasteiger partial charge in [-0.2, -0.15) is 0 Å². The first-order valence-corrected chi connectivity index (χ1v) is 7.10. The maximum atomic E-state index is 12.0. The summed E-state index contributed by atoms with van der Waals surface area (Å²) in [4.78, 5) is 26.0. The fraction of sp³-hybridized carbons (Fsp3) is 0.467. The Morgan fingerprint density at radius 3 is 2.25 bits per heavy atom. The minimum Gasteiger partial charge on any atom is -0.328 e. The van der Waals surface area contributed by atoms with E-state index in [1.165, 1.54) is 16.7 Å². The van der Waals surface area contributed by atoms with E-state index < -0.39 is 0 Å². The third kappa shape index (κ3) is 4.15. The summed E-state index contributed by atoms with van der Waals surface area (Å²) >= 11 is 0. The van der Waals surface area contributed by atoms with Crippen LogP contribution in [-0.4, -0.2) is 51.5 Å². The minimum atomic E-state index is 0.0345. The number of amides is 1. The van der Waals surface area contributed by atoms with Gasteiger partial charge in [-0.25, -0.2) is 0 Å². The first kappa shape index (κ1) is 14.7. The molecule has 0 saturated carbocycles. The first-order chi connectivity index (χ1) is 9.54. The van der Waals surface area contributed by atoms with E-state index >= 15 is 0 Å². The molecule has 5 nitrogen and oxygen atoms in total. The quantitative estimate of drug-likeness (QED) is 0.571. The van der Waals surface area contributed by atoms with E-state index in [1.54, 1.807) is 24.3 Å². The smallest absolute Gasteiger partial charge is 0.279 e. The predicted octanol–water partition coefficient (Wildman–Crippen LogP) is -1.76. The average molecular weight is 277 g/mol. The first-order valence-electron chi connectivity index (χ1n) is 7.10. The number of carbonyl (C=O) groups is 2. The Labute approximate surface area is 119 Å². The van der Waals surface area contributed by atoms with Gasteiger partial charge in [-0.05, 0) is 31.2 Å². The summed E-state index contributed by atoms with van der Waals surface area (Å²) in [6.45, 7) is 6.38. The summed E-state index contributed by atoms with van der Waals surface area (Å²) in [6.07, 6.45) is 0. The lowest BCUT2D eigenvalue weighted by atomic mass is 10.1. The van der Waals surface area contributed by atoms with Gasteiger partial charge >= 0.3 is 0 Å². The van der Waals surface area contributed by atoms with Gasteiger partial charge in [0.1, 0.15) is 26.2 Å². The second kappa shape index (κ2) is 6.63. The number of benzene rings is 1. The van der Waals surface area contributed by atoms with Crippen molar-refractivity contribution in [1.29, 1.82) is 0 Å². The van der Waals surface area contributed by atoms with Crippen LogP contribution < -0.4 is 15.1 Å². The Kier molecular flexibility index (Phi) is 4.87. The molecule has 1 aromatic carbocycles. The number of Topliss-reactive ketones (excluding diaryl/α,β-unsaturated/α-hetero) is 1. The molecular weight excluding hydrogens is 254 g/mol. The van der Waals surface area contributed by atoms with Crippen LogP contribution in [0.3, 0.4) is 0 Å². The molecule has 2 rings (SSSR count). The highest BCUT2D eigenvalue weighted by Gasteiger charge is 2.22. The molecule has 1 amide bonds. The van der Waals surface area contributed by atoms with E-state index in [0.29, 0.717) is 12.1 Å². The summed E-state index contributed by atoms with van der Waals surface area (Å²) < 4.78 is 0. The van der Waals surface area contributed by atoms with Crippen LogP contribution in [0.4, 0.5) is 5.69 Å². The van der Waals surface area contributed by atoms with E-state index in [0.717, 1.165) is 31.9 Å². The monoisotopic (exact) mass is 277 g/mol. The van der Waals surface area contributed by atoms with Crippen LogP contribution in [-0.2, 0) is 4.79 Å². The normalized spacial score (nSPS) is 22.3. The van der Waals surface area contributed by atoms with Gasteiger partial charge in [-0.3, -0.25) is 9.59 Å². The van der Waals surface area contributed by atoms with Crippen molar-refractivity contribution in [1.82, 2.24) is 0 Å². The molecule has 1 aliphatic rings. The molecule has 1 heterocycles. The van der Waals surface area contributed by atoms with Crippen molar-refractivity contribution < 1.29 is 19.4 Å². The number of ketones is 1. The van der Waals surface area contributed by atoms with E-state index in [9.17, 15) is 9.59 Å². The number of hydrogen-bond acceptors (Lipinski definition) is 2. The van der Waals surface area contributed by atoms with Gasteiger partial charge in [0.25, 0.3) is 5.91 Å². The molecule has 1 saturated heterocycles. The number of likely N-dealkylation sites (N-methyl/N-ethyl adjacent to an activating group) is 1. The lowest BCUT2D eigenvalue weighted by molar-refractivity contribution is -0.999. The largest absolute Gasteiger partial charge is 0.328 e. The van der Waals surface area contributed by atoms with Gasteiger partial charge in [0.15, 0.2) is 12.3 Å². The molecule has 0 aliphatic carbocycles. The average Bonchev–Trinajstić information content (AvgIpc) is 2.42. The molecule has 108 valence electrons. The Hall–Kier alpha value is -1.72. The van der Waals surface area contributed by atoms with Gasteiger partial charge in [0, 0.05) is 11.3 Å². The lowest BCUT2D eigenvalue weighted by Gasteiger charge is -2.26. The van der Waals surface area contributed by atoms with Crippen molar-refractivity contribution >= 4 is 17.4 Å². The molecule has 0 radical (unpaired) electrons. The number of rotatable bonds is 4. The summed E-state index contributed by atoms with van der Waals surface area (Å²) in [6, 6.07) is 7.03. The zero-order valence-corrected chi connectivity index (χ0v) is 12.2. The molecule has 1 aliphatic heterocycles. The third-order valence-electron chi connectivity index (χ3n) is 3.80. The molecule has 20 heavy (non-hydrogen) atoms. The maximum absolute atomic E-state index is 12.0. The van der Waals surface area contributed by atoms with Crippen LogP contribution in [0.1, 0.15) is 17.3 Å². The van der Waals surface area contributed by atoms with Crippen molar-refractivity contribution in [2.24, 2.45) is 0 Å². The molecule has 0 bridgehead atoms. The highest BCUT2D eigenvalue weighted by Crippen LogP contribution is 2.09. The molecule has 3 N–H and O–H groups in total. The Bertz CT molecular complexity index is 476. The van der Waals surface area contributed by atoms with Crippen LogP contribution in [0.15, 0.2) is 24.3 Å². The Balaban J connectivity index is 1.83. The molecule has 0 aromatic heterocycles. The van der Waals surface area contributed by atoms with Crippen LogP contribution in [0.2, 0.25) is 0 Å². The van der Waals surface area contributed by atoms with Gasteiger partial charge in [0.2, 0.25) is 0 Å². The number of quaternary nitrogens is 2. The van der Waals surface area contributed by atoms with E-state index in [2.05, 4.69) is 12.4 Å². The Morgan fingerprint density at radius 1 is 1.10 bits per heavy atom. The SMILES string of the molecule is CC(=O)c1ccc(NC(=O)C[NH+]2CC[NH+](C)CC2)cc1. The van der Waals surface area contributed by atoms with Crippen LogP contribution in [0.25, 0.3) is 0 Å². The number of carbonyl (C=O) groups excluding carboxylic acids is 2. The molecule has 0 atom stereocenters. The highest BCUT2D eigenvalue weighted by molar-refractivity contribution is 5.95. The topological polar surface area (TPSA) is 55.0 Å². The Morgan fingerprint density at radius 2 is 1.70 bits per heavy atom. The number of nitrogens with one attached hydrogen (secondary N) is 3. The zero-order chi connectivity index (χ0) is 14.5. The summed E-state index contributed by atoms with van der Waals surface area (Å²) in [7, 11) is 2.19. The zero-order valence-electron chi connectivity index (χ0n) is 12.2. The van der Waals surface area contributed by atoms with Crippen molar-refractivity contribution in [3.05, 3.63) is 29.8 Å². The fourth-order valence-electron chi connectivity index (χ4n) is 2.43. The molecule has 1 aromatic rings. The molecule has 1 fully saturated rings. The lowest BCUT2D eigenvalue weighted by Crippen LogP contribution is -3.27. The fourth-order valence-corrected chi connectivity index (χ4v) is 2.43. The highest BCUT2D eigenvalue weighted by atomic mass is 16.2. The molecule has 5 heteroatoms. The van der Waals surface area contributed by atoms with Crippen LogP contribution in [0, 0.1) is 0 Å². The molecular formula is C15H23N3O2+2. The van der Waals surface area contributed by atoms with Crippen molar-refractivity contribution in [3.63, 3.8) is 0 Å². The van der Waals surface area contributed by atoms with Crippen molar-refractivity contribution in [2.45, 2.75) is 6.92 Å². The predicted molar refractivity (Wildman–Crippen MR) is 77.3 cm³/mol. The second-order valence-electron chi connectivity index (χ2n) is 5.57. The summed E-state index contributed by atoms with van der Waals surface area (Å²) in [5.41, 5.74) is 1.41. The van der Waals surface area contributed by atoms with E-state index in [4.69, 9.17) is 0 Å². The van der Waals surface area contributed by atoms with Gasteiger partial charge in [-0.1, -0.05) is 0 Å². The maximum Gasteiger partial charge on any atom is 0.279 e. The number of hydrogen-bond donors (Lipinski definition) is 3. The summed E-state index contributed by atoms with van der Waals surface area (Å²) in [5, 5.41) is 2.89. The summed E-state index contributed by atoms with van der Waals surface area (Å²) in [5.74, 6) is 0.0717. The third-order valence-corrected chi connectivity index (χ3v) is 3.80. The van der Waals surface area contributed by atoms with E-state index in [-0.39, 0.29) is 11.7 Å². The number of anilines is 1. The van der Waals surface area contributed by atoms with Crippen molar-refractivity contribution in [3.8, 4) is 0 Å². The molecule has 0 spiro atoms. The van der Waals surface area contributed by atoms with Gasteiger partial charge in [-0.15, -0.1) is 0 Å².